The molecule has 1 aliphatic rings. The van der Waals surface area contributed by atoms with Crippen molar-refractivity contribution in [2.45, 2.75) is 6.42 Å². The van der Waals surface area contributed by atoms with Crippen LogP contribution in [0, 0.1) is 11.6 Å². The third-order valence-corrected chi connectivity index (χ3v) is 4.75. The van der Waals surface area contributed by atoms with Gasteiger partial charge in [0.05, 0.1) is 5.69 Å². The van der Waals surface area contributed by atoms with Crippen molar-refractivity contribution in [3.63, 3.8) is 0 Å². The van der Waals surface area contributed by atoms with E-state index in [2.05, 4.69) is 9.97 Å². The number of hydrogen-bond donors (Lipinski definition) is 0. The SMILES string of the molecule is Cn1c(N2CCC=C(c3cc(F)cc(F)c3)C2)nc(-c2ccncc2)cc1=O. The molecule has 0 aliphatic carbocycles. The van der Waals surface area contributed by atoms with Crippen LogP contribution in [0.2, 0.25) is 0 Å². The fraction of sp³-hybridized carbons (Fsp3) is 0.190. The van der Waals surface area contributed by atoms with Crippen LogP contribution in [0.15, 0.2) is 59.7 Å². The van der Waals surface area contributed by atoms with Crippen LogP contribution < -0.4 is 10.5 Å². The number of nitrogens with zero attached hydrogens (tertiary/aromatic N) is 4. The standard InChI is InChI=1S/C21H18F2N4O/c1-26-20(28)12-19(14-4-6-24-7-5-14)25-21(26)27-8-2-3-15(13-27)16-9-17(22)11-18(23)10-16/h3-7,9-12H,2,8,13H2,1H3. The molecule has 0 saturated carbocycles. The maximum Gasteiger partial charge on any atom is 0.255 e. The van der Waals surface area contributed by atoms with E-state index in [4.69, 9.17) is 0 Å². The van der Waals surface area contributed by atoms with Crippen LogP contribution in [0.4, 0.5) is 14.7 Å². The van der Waals surface area contributed by atoms with Gasteiger partial charge in [-0.1, -0.05) is 6.08 Å². The van der Waals surface area contributed by atoms with Crippen molar-refractivity contribution >= 4 is 11.5 Å². The first-order chi connectivity index (χ1) is 13.5. The predicted molar refractivity (Wildman–Crippen MR) is 104 cm³/mol. The van der Waals surface area contributed by atoms with Gasteiger partial charge in [-0.2, -0.15) is 0 Å². The second-order valence-electron chi connectivity index (χ2n) is 6.67. The summed E-state index contributed by atoms with van der Waals surface area (Å²) in [5.41, 5.74) is 2.48. The molecule has 1 aromatic carbocycles. The monoisotopic (exact) mass is 380 g/mol. The molecule has 5 nitrogen and oxygen atoms in total. The van der Waals surface area contributed by atoms with Crippen molar-refractivity contribution in [3.8, 4) is 11.3 Å². The average Bonchev–Trinajstić information content (AvgIpc) is 2.70. The van der Waals surface area contributed by atoms with Gasteiger partial charge in [-0.05, 0) is 41.8 Å². The van der Waals surface area contributed by atoms with Crippen LogP contribution in [-0.2, 0) is 7.05 Å². The van der Waals surface area contributed by atoms with Gasteiger partial charge in [-0.25, -0.2) is 13.8 Å². The Balaban J connectivity index is 1.70. The maximum absolute atomic E-state index is 13.6. The van der Waals surface area contributed by atoms with E-state index in [1.165, 1.54) is 22.8 Å². The Hall–Kier alpha value is -3.35. The van der Waals surface area contributed by atoms with E-state index in [0.717, 1.165) is 17.2 Å². The second kappa shape index (κ2) is 7.34. The molecular weight excluding hydrogens is 362 g/mol. The van der Waals surface area contributed by atoms with Crippen molar-refractivity contribution in [3.05, 3.63) is 82.4 Å². The highest BCUT2D eigenvalue weighted by atomic mass is 19.1. The zero-order chi connectivity index (χ0) is 19.7. The Morgan fingerprint density at radius 3 is 2.43 bits per heavy atom. The molecule has 4 rings (SSSR count). The molecule has 0 fully saturated rings. The molecule has 0 radical (unpaired) electrons. The smallest absolute Gasteiger partial charge is 0.255 e. The molecule has 142 valence electrons. The normalized spacial score (nSPS) is 14.1. The van der Waals surface area contributed by atoms with E-state index in [0.29, 0.717) is 36.7 Å². The summed E-state index contributed by atoms with van der Waals surface area (Å²) in [5, 5.41) is 0. The first-order valence-electron chi connectivity index (χ1n) is 8.90. The zero-order valence-electron chi connectivity index (χ0n) is 15.3. The lowest BCUT2D eigenvalue weighted by atomic mass is 10.0. The first-order valence-corrected chi connectivity index (χ1v) is 8.90. The van der Waals surface area contributed by atoms with Gasteiger partial charge < -0.3 is 4.90 Å². The minimum atomic E-state index is -0.613. The fourth-order valence-corrected chi connectivity index (χ4v) is 3.34. The van der Waals surface area contributed by atoms with Crippen molar-refractivity contribution in [2.24, 2.45) is 7.05 Å². The zero-order valence-corrected chi connectivity index (χ0v) is 15.3. The van der Waals surface area contributed by atoms with Gasteiger partial charge in [0, 0.05) is 50.2 Å². The summed E-state index contributed by atoms with van der Waals surface area (Å²) >= 11 is 0. The summed E-state index contributed by atoms with van der Waals surface area (Å²) < 4.78 is 28.7. The number of halogens is 2. The Kier molecular flexibility index (Phi) is 4.73. The van der Waals surface area contributed by atoms with E-state index >= 15 is 0 Å². The summed E-state index contributed by atoms with van der Waals surface area (Å²) in [4.78, 5) is 23.1. The highest BCUT2D eigenvalue weighted by molar-refractivity contribution is 5.71. The second-order valence-corrected chi connectivity index (χ2v) is 6.67. The van der Waals surface area contributed by atoms with E-state index < -0.39 is 11.6 Å². The lowest BCUT2D eigenvalue weighted by molar-refractivity contribution is 0.582. The number of rotatable bonds is 3. The summed E-state index contributed by atoms with van der Waals surface area (Å²) in [6, 6.07) is 8.57. The van der Waals surface area contributed by atoms with Crippen LogP contribution in [0.25, 0.3) is 16.8 Å². The van der Waals surface area contributed by atoms with Gasteiger partial charge in [0.1, 0.15) is 11.6 Å². The molecule has 0 N–H and O–H groups in total. The lowest BCUT2D eigenvalue weighted by Gasteiger charge is -2.30. The van der Waals surface area contributed by atoms with Crippen molar-refractivity contribution in [1.29, 1.82) is 0 Å². The molecule has 3 heterocycles. The molecule has 0 atom stereocenters. The van der Waals surface area contributed by atoms with E-state index in [1.807, 2.05) is 11.0 Å². The summed E-state index contributed by atoms with van der Waals surface area (Å²) in [5.74, 6) is -0.710. The number of hydrogen-bond acceptors (Lipinski definition) is 4. The van der Waals surface area contributed by atoms with Crippen LogP contribution in [-0.4, -0.2) is 27.6 Å². The molecule has 0 bridgehead atoms. The average molecular weight is 380 g/mol. The third-order valence-electron chi connectivity index (χ3n) is 4.75. The topological polar surface area (TPSA) is 51.0 Å². The number of pyridine rings is 1. The Bertz CT molecular complexity index is 1090. The van der Waals surface area contributed by atoms with E-state index in [9.17, 15) is 13.6 Å². The molecule has 28 heavy (non-hydrogen) atoms. The predicted octanol–water partition coefficient (Wildman–Crippen LogP) is 3.41. The van der Waals surface area contributed by atoms with Gasteiger partial charge in [0.15, 0.2) is 0 Å². The first kappa shape index (κ1) is 18.0. The quantitative estimate of drug-likeness (QED) is 0.699. The molecule has 0 spiro atoms. The van der Waals surface area contributed by atoms with Gasteiger partial charge in [0.25, 0.3) is 5.56 Å². The molecule has 1 aliphatic heterocycles. The Labute approximate surface area is 160 Å². The summed E-state index contributed by atoms with van der Waals surface area (Å²) in [6.45, 7) is 1.06. The Morgan fingerprint density at radius 2 is 1.71 bits per heavy atom. The number of aromatic nitrogens is 3. The summed E-state index contributed by atoms with van der Waals surface area (Å²) in [7, 11) is 1.67. The van der Waals surface area contributed by atoms with Gasteiger partial charge in [-0.3, -0.25) is 14.3 Å². The van der Waals surface area contributed by atoms with Crippen molar-refractivity contribution < 1.29 is 8.78 Å². The van der Waals surface area contributed by atoms with Gasteiger partial charge in [0.2, 0.25) is 5.95 Å². The highest BCUT2D eigenvalue weighted by Crippen LogP contribution is 2.26. The fourth-order valence-electron chi connectivity index (χ4n) is 3.34. The van der Waals surface area contributed by atoms with Crippen molar-refractivity contribution in [1.82, 2.24) is 14.5 Å². The van der Waals surface area contributed by atoms with Gasteiger partial charge in [-0.15, -0.1) is 0 Å². The minimum Gasteiger partial charge on any atom is -0.338 e. The van der Waals surface area contributed by atoms with E-state index in [-0.39, 0.29) is 5.56 Å². The molecule has 0 amide bonds. The van der Waals surface area contributed by atoms with Gasteiger partial charge >= 0.3 is 0 Å². The van der Waals surface area contributed by atoms with Crippen LogP contribution in [0.5, 0.6) is 0 Å². The molecule has 7 heteroatoms. The largest absolute Gasteiger partial charge is 0.338 e. The Morgan fingerprint density at radius 1 is 1.00 bits per heavy atom. The molecule has 0 saturated heterocycles. The maximum atomic E-state index is 13.6. The lowest BCUT2D eigenvalue weighted by Crippen LogP contribution is -2.35. The molecular formula is C21H18F2N4O. The van der Waals surface area contributed by atoms with E-state index in [1.54, 1.807) is 31.6 Å². The molecule has 2 aromatic heterocycles. The number of anilines is 1. The molecule has 0 unspecified atom stereocenters. The van der Waals surface area contributed by atoms with Crippen LogP contribution in [0.1, 0.15) is 12.0 Å². The van der Waals surface area contributed by atoms with Crippen molar-refractivity contribution in [2.75, 3.05) is 18.0 Å². The van der Waals surface area contributed by atoms with Crippen LogP contribution in [0.3, 0.4) is 0 Å². The third kappa shape index (κ3) is 3.55. The molecule has 3 aromatic rings. The minimum absolute atomic E-state index is 0.176. The summed E-state index contributed by atoms with van der Waals surface area (Å²) in [6.07, 6.45) is 5.95. The van der Waals surface area contributed by atoms with Crippen LogP contribution >= 0.6 is 0 Å². The highest BCUT2D eigenvalue weighted by Gasteiger charge is 2.20. The number of benzene rings is 1.